The molecule has 0 radical (unpaired) electrons. The largest absolute Gasteiger partial charge is 0.360 e. The molecule has 8 heteroatoms. The third-order valence-electron chi connectivity index (χ3n) is 3.47. The van der Waals surface area contributed by atoms with Crippen LogP contribution in [-0.2, 0) is 9.84 Å². The van der Waals surface area contributed by atoms with Gasteiger partial charge in [-0.25, -0.2) is 17.2 Å². The van der Waals surface area contributed by atoms with E-state index in [2.05, 4.69) is 4.98 Å². The molecule has 0 bridgehead atoms. The van der Waals surface area contributed by atoms with E-state index in [4.69, 9.17) is 5.26 Å². The van der Waals surface area contributed by atoms with Gasteiger partial charge in [0.05, 0.1) is 16.0 Å². The van der Waals surface area contributed by atoms with Crippen LogP contribution in [0.5, 0.6) is 0 Å². The highest BCUT2D eigenvalue weighted by molar-refractivity contribution is 7.91. The first-order chi connectivity index (χ1) is 11.3. The number of aromatic amines is 1. The number of aromatic nitrogens is 1. The molecule has 24 heavy (non-hydrogen) atoms. The molecule has 5 nitrogen and oxygen atoms in total. The van der Waals surface area contributed by atoms with Gasteiger partial charge in [0.2, 0.25) is 15.3 Å². The number of halogens is 2. The number of benzene rings is 2. The molecular weight excluding hydrogens is 338 g/mol. The minimum Gasteiger partial charge on any atom is -0.360 e. The molecule has 0 saturated carbocycles. The van der Waals surface area contributed by atoms with Crippen LogP contribution in [0, 0.1) is 23.0 Å². The first-order valence-electron chi connectivity index (χ1n) is 6.60. The molecule has 3 aromatic rings. The van der Waals surface area contributed by atoms with E-state index in [9.17, 15) is 22.0 Å². The number of H-pyrrole nitrogens is 1. The van der Waals surface area contributed by atoms with E-state index in [0.29, 0.717) is 0 Å². The maximum Gasteiger partial charge on any atom is 0.211 e. The Morgan fingerprint density at radius 2 is 1.83 bits per heavy atom. The van der Waals surface area contributed by atoms with E-state index < -0.39 is 37.4 Å². The lowest BCUT2D eigenvalue weighted by molar-refractivity contribution is 0.593. The zero-order valence-electron chi connectivity index (χ0n) is 11.9. The molecule has 0 aliphatic rings. The number of nitrogens with one attached hydrogen (secondary N) is 1. The van der Waals surface area contributed by atoms with E-state index in [1.807, 2.05) is 0 Å². The Balaban J connectivity index is 2.26. The van der Waals surface area contributed by atoms with Gasteiger partial charge in [-0.2, -0.15) is 5.26 Å². The van der Waals surface area contributed by atoms with Crippen molar-refractivity contribution >= 4 is 20.7 Å². The molecule has 120 valence electrons. The summed E-state index contributed by atoms with van der Waals surface area (Å²) in [4.78, 5) is 14.0. The van der Waals surface area contributed by atoms with Crippen molar-refractivity contribution < 1.29 is 17.2 Å². The van der Waals surface area contributed by atoms with Crippen molar-refractivity contribution in [3.63, 3.8) is 0 Å². The SMILES string of the molecule is N#Cc1cc(S(=O)(=O)c2c[nH]c3cc(F)ccc3c2=O)ccc1F. The molecule has 2 aromatic carbocycles. The second-order valence-corrected chi connectivity index (χ2v) is 6.85. The average molecular weight is 346 g/mol. The van der Waals surface area contributed by atoms with Gasteiger partial charge in [-0.3, -0.25) is 4.79 Å². The molecule has 3 rings (SSSR count). The number of fused-ring (bicyclic) bond motifs is 1. The van der Waals surface area contributed by atoms with E-state index in [0.717, 1.165) is 36.5 Å². The van der Waals surface area contributed by atoms with Gasteiger partial charge < -0.3 is 4.98 Å². The number of hydrogen-bond donors (Lipinski definition) is 1. The molecule has 0 fully saturated rings. The molecule has 1 aromatic heterocycles. The van der Waals surface area contributed by atoms with Crippen molar-refractivity contribution in [3.05, 3.63) is 70.0 Å². The Bertz CT molecular complexity index is 1180. The molecule has 1 N–H and O–H groups in total. The van der Waals surface area contributed by atoms with E-state index >= 15 is 0 Å². The third-order valence-corrected chi connectivity index (χ3v) is 5.22. The van der Waals surface area contributed by atoms with Crippen molar-refractivity contribution in [2.24, 2.45) is 0 Å². The monoisotopic (exact) mass is 346 g/mol. The molecule has 0 spiro atoms. The first kappa shape index (κ1) is 15.8. The molecule has 1 heterocycles. The maximum atomic E-state index is 13.4. The van der Waals surface area contributed by atoms with Gasteiger partial charge >= 0.3 is 0 Å². The summed E-state index contributed by atoms with van der Waals surface area (Å²) in [5, 5.41) is 8.81. The van der Waals surface area contributed by atoms with Gasteiger partial charge in [0.25, 0.3) is 0 Å². The lowest BCUT2D eigenvalue weighted by Crippen LogP contribution is -2.16. The normalized spacial score (nSPS) is 11.4. The van der Waals surface area contributed by atoms with Crippen LogP contribution in [0.25, 0.3) is 10.9 Å². The lowest BCUT2D eigenvalue weighted by atomic mass is 10.2. The van der Waals surface area contributed by atoms with E-state index in [1.165, 1.54) is 6.07 Å². The van der Waals surface area contributed by atoms with Crippen molar-refractivity contribution in [3.8, 4) is 6.07 Å². The average Bonchev–Trinajstić information content (AvgIpc) is 2.55. The fraction of sp³-hybridized carbons (Fsp3) is 0. The summed E-state index contributed by atoms with van der Waals surface area (Å²) in [6.45, 7) is 0. The van der Waals surface area contributed by atoms with Gasteiger partial charge in [-0.15, -0.1) is 0 Å². The number of sulfone groups is 1. The highest BCUT2D eigenvalue weighted by Crippen LogP contribution is 2.22. The zero-order valence-corrected chi connectivity index (χ0v) is 12.7. The van der Waals surface area contributed by atoms with Gasteiger partial charge in [0.15, 0.2) is 0 Å². The van der Waals surface area contributed by atoms with Gasteiger partial charge in [0.1, 0.15) is 22.6 Å². The molecule has 0 atom stereocenters. The van der Waals surface area contributed by atoms with Crippen LogP contribution >= 0.6 is 0 Å². The van der Waals surface area contributed by atoms with Gasteiger partial charge in [0, 0.05) is 11.6 Å². The van der Waals surface area contributed by atoms with Crippen LogP contribution in [0.3, 0.4) is 0 Å². The number of rotatable bonds is 2. The fourth-order valence-corrected chi connectivity index (χ4v) is 3.60. The fourth-order valence-electron chi connectivity index (χ4n) is 2.26. The van der Waals surface area contributed by atoms with E-state index in [-0.39, 0.29) is 15.8 Å². The molecular formula is C16H8F2N2O3S. The van der Waals surface area contributed by atoms with Crippen molar-refractivity contribution in [1.29, 1.82) is 5.26 Å². The Morgan fingerprint density at radius 1 is 1.08 bits per heavy atom. The van der Waals surface area contributed by atoms with Crippen molar-refractivity contribution in [2.45, 2.75) is 9.79 Å². The minimum atomic E-state index is -4.28. The van der Waals surface area contributed by atoms with Crippen LogP contribution in [0.2, 0.25) is 0 Å². The van der Waals surface area contributed by atoms with Gasteiger partial charge in [-0.05, 0) is 36.4 Å². The summed E-state index contributed by atoms with van der Waals surface area (Å²) >= 11 is 0. The summed E-state index contributed by atoms with van der Waals surface area (Å²) in [6.07, 6.45) is 0.953. The predicted molar refractivity (Wildman–Crippen MR) is 81.1 cm³/mol. The first-order valence-corrected chi connectivity index (χ1v) is 8.08. The molecule has 0 saturated heterocycles. The number of pyridine rings is 1. The number of hydrogen-bond acceptors (Lipinski definition) is 4. The number of nitrogens with zero attached hydrogens (tertiary/aromatic N) is 1. The quantitative estimate of drug-likeness (QED) is 0.722. The minimum absolute atomic E-state index is 0.0000864. The lowest BCUT2D eigenvalue weighted by Gasteiger charge is -2.06. The summed E-state index contributed by atoms with van der Waals surface area (Å²) < 4.78 is 51.8. The highest BCUT2D eigenvalue weighted by Gasteiger charge is 2.23. The Labute approximate surface area is 134 Å². The Hall–Kier alpha value is -3.05. The van der Waals surface area contributed by atoms with Crippen LogP contribution in [0.15, 0.2) is 57.2 Å². The summed E-state index contributed by atoms with van der Waals surface area (Å²) in [6, 6.07) is 7.50. The maximum absolute atomic E-state index is 13.4. The topological polar surface area (TPSA) is 90.8 Å². The molecule has 0 aliphatic carbocycles. The summed E-state index contributed by atoms with van der Waals surface area (Å²) in [5.41, 5.74) is -1.11. The van der Waals surface area contributed by atoms with Gasteiger partial charge in [-0.1, -0.05) is 0 Å². The van der Waals surface area contributed by atoms with Crippen LogP contribution in [0.4, 0.5) is 8.78 Å². The second kappa shape index (κ2) is 5.54. The molecule has 0 amide bonds. The van der Waals surface area contributed by atoms with Crippen molar-refractivity contribution in [1.82, 2.24) is 4.98 Å². The zero-order chi connectivity index (χ0) is 17.5. The third kappa shape index (κ3) is 2.45. The van der Waals surface area contributed by atoms with Crippen molar-refractivity contribution in [2.75, 3.05) is 0 Å². The van der Waals surface area contributed by atoms with Crippen LogP contribution in [0.1, 0.15) is 5.56 Å². The second-order valence-electron chi connectivity index (χ2n) is 4.93. The highest BCUT2D eigenvalue weighted by atomic mass is 32.2. The standard InChI is InChI=1S/C16H8F2N2O3S/c17-10-1-3-12-14(6-10)20-8-15(16(12)21)24(22,23)11-2-4-13(18)9(5-11)7-19/h1-6,8H,(H,20,21). The molecule has 0 unspecified atom stereocenters. The predicted octanol–water partition coefficient (Wildman–Crippen LogP) is 2.51. The summed E-state index contributed by atoms with van der Waals surface area (Å²) in [5.74, 6) is -1.44. The number of nitriles is 1. The summed E-state index contributed by atoms with van der Waals surface area (Å²) in [7, 11) is -4.28. The van der Waals surface area contributed by atoms with E-state index in [1.54, 1.807) is 6.07 Å². The smallest absolute Gasteiger partial charge is 0.211 e. The molecule has 0 aliphatic heterocycles. The Morgan fingerprint density at radius 3 is 2.54 bits per heavy atom. The Kier molecular flexibility index (Phi) is 3.66. The van der Waals surface area contributed by atoms with Crippen LogP contribution in [-0.4, -0.2) is 13.4 Å². The van der Waals surface area contributed by atoms with Crippen LogP contribution < -0.4 is 5.43 Å².